The average molecular weight is 405 g/mol. The van der Waals surface area contributed by atoms with Crippen LogP contribution in [0.1, 0.15) is 44.4 Å². The highest BCUT2D eigenvalue weighted by Crippen LogP contribution is 2.50. The van der Waals surface area contributed by atoms with Crippen LogP contribution in [0.3, 0.4) is 0 Å². The first-order valence-electron chi connectivity index (χ1n) is 11.2. The summed E-state index contributed by atoms with van der Waals surface area (Å²) in [5.74, 6) is 0. The number of hydrogen-bond acceptors (Lipinski definition) is 1. The minimum absolute atomic E-state index is 0.0130. The van der Waals surface area contributed by atoms with Crippen molar-refractivity contribution < 1.29 is 4.42 Å². The first-order chi connectivity index (χ1) is 15.0. The van der Waals surface area contributed by atoms with Gasteiger partial charge in [-0.3, -0.25) is 0 Å². The van der Waals surface area contributed by atoms with Crippen molar-refractivity contribution in [1.29, 1.82) is 0 Å². The molecule has 0 unspecified atom stereocenters. The van der Waals surface area contributed by atoms with Gasteiger partial charge in [0.15, 0.2) is 0 Å². The Hall–Kier alpha value is -3.32. The van der Waals surface area contributed by atoms with Crippen LogP contribution in [0, 0.1) is 6.92 Å². The lowest BCUT2D eigenvalue weighted by molar-refractivity contribution is 0.660. The Morgan fingerprint density at radius 3 is 2.03 bits per heavy atom. The molecule has 1 heteroatoms. The molecule has 1 aromatic heterocycles. The molecule has 0 amide bonds. The van der Waals surface area contributed by atoms with Crippen LogP contribution in [-0.2, 0) is 5.41 Å². The fourth-order valence-corrected chi connectivity index (χ4v) is 4.94. The summed E-state index contributed by atoms with van der Waals surface area (Å²) in [6, 6.07) is 28.6. The molecule has 0 aliphatic heterocycles. The third kappa shape index (κ3) is 2.91. The van der Waals surface area contributed by atoms with E-state index in [-0.39, 0.29) is 5.41 Å². The smallest absolute Gasteiger partial charge is 0.135 e. The molecule has 1 nitrogen and oxygen atoms in total. The normalized spacial score (nSPS) is 13.6. The molecule has 0 bridgehead atoms. The summed E-state index contributed by atoms with van der Waals surface area (Å²) in [5.41, 5.74) is 11.3. The SMILES string of the molecule is CC.Cc1ccc2c(c1)C(C)(C)c1cc(-c3ccc4oc5ccccc5c4c3)ccc1-2. The third-order valence-corrected chi connectivity index (χ3v) is 6.54. The molecule has 31 heavy (non-hydrogen) atoms. The van der Waals surface area contributed by atoms with Gasteiger partial charge in [0, 0.05) is 16.2 Å². The van der Waals surface area contributed by atoms with Crippen molar-refractivity contribution in [3.63, 3.8) is 0 Å². The minimum Gasteiger partial charge on any atom is -0.456 e. The molecule has 4 aromatic carbocycles. The van der Waals surface area contributed by atoms with Crippen LogP contribution in [-0.4, -0.2) is 0 Å². The Bertz CT molecular complexity index is 1430. The van der Waals surface area contributed by atoms with E-state index in [2.05, 4.69) is 87.5 Å². The maximum absolute atomic E-state index is 6.00. The predicted molar refractivity (Wildman–Crippen MR) is 133 cm³/mol. The largest absolute Gasteiger partial charge is 0.456 e. The van der Waals surface area contributed by atoms with Crippen molar-refractivity contribution >= 4 is 21.9 Å². The molecule has 0 atom stereocenters. The van der Waals surface area contributed by atoms with Gasteiger partial charge in [-0.25, -0.2) is 0 Å². The van der Waals surface area contributed by atoms with E-state index in [0.717, 1.165) is 11.2 Å². The molecule has 6 rings (SSSR count). The van der Waals surface area contributed by atoms with Gasteiger partial charge in [0.1, 0.15) is 11.2 Å². The lowest BCUT2D eigenvalue weighted by atomic mass is 9.81. The number of para-hydroxylation sites is 1. The van der Waals surface area contributed by atoms with Crippen molar-refractivity contribution in [3.05, 3.63) is 95.6 Å². The van der Waals surface area contributed by atoms with E-state index in [1.165, 1.54) is 49.7 Å². The van der Waals surface area contributed by atoms with E-state index in [1.54, 1.807) is 0 Å². The van der Waals surface area contributed by atoms with Gasteiger partial charge >= 0.3 is 0 Å². The second-order valence-corrected chi connectivity index (χ2v) is 8.74. The second kappa shape index (κ2) is 7.13. The van der Waals surface area contributed by atoms with Crippen molar-refractivity contribution in [1.82, 2.24) is 0 Å². The van der Waals surface area contributed by atoms with Crippen LogP contribution in [0.5, 0.6) is 0 Å². The van der Waals surface area contributed by atoms with Gasteiger partial charge in [-0.15, -0.1) is 0 Å². The van der Waals surface area contributed by atoms with E-state index >= 15 is 0 Å². The summed E-state index contributed by atoms with van der Waals surface area (Å²) in [7, 11) is 0. The molecule has 0 saturated heterocycles. The van der Waals surface area contributed by atoms with Crippen LogP contribution >= 0.6 is 0 Å². The van der Waals surface area contributed by atoms with Crippen LogP contribution in [0.25, 0.3) is 44.2 Å². The lowest BCUT2D eigenvalue weighted by Crippen LogP contribution is -2.15. The molecular weight excluding hydrogens is 376 g/mol. The Kier molecular flexibility index (Phi) is 4.51. The van der Waals surface area contributed by atoms with E-state index in [1.807, 2.05) is 26.0 Å². The highest BCUT2D eigenvalue weighted by molar-refractivity contribution is 6.06. The van der Waals surface area contributed by atoms with Crippen molar-refractivity contribution in [3.8, 4) is 22.3 Å². The van der Waals surface area contributed by atoms with Gasteiger partial charge in [-0.05, 0) is 64.6 Å². The number of furan rings is 1. The number of fused-ring (bicyclic) bond motifs is 6. The van der Waals surface area contributed by atoms with Crippen LogP contribution < -0.4 is 0 Å². The average Bonchev–Trinajstić information content (AvgIpc) is 3.27. The zero-order valence-electron chi connectivity index (χ0n) is 18.9. The van der Waals surface area contributed by atoms with E-state index in [4.69, 9.17) is 4.42 Å². The molecule has 0 radical (unpaired) electrons. The molecule has 1 aliphatic carbocycles. The van der Waals surface area contributed by atoms with E-state index < -0.39 is 0 Å². The fourth-order valence-electron chi connectivity index (χ4n) is 4.94. The topological polar surface area (TPSA) is 13.1 Å². The molecule has 1 heterocycles. The van der Waals surface area contributed by atoms with Gasteiger partial charge in [0.2, 0.25) is 0 Å². The highest BCUT2D eigenvalue weighted by Gasteiger charge is 2.35. The van der Waals surface area contributed by atoms with Crippen LogP contribution in [0.15, 0.2) is 83.3 Å². The van der Waals surface area contributed by atoms with E-state index in [0.29, 0.717) is 0 Å². The Morgan fingerprint density at radius 1 is 0.613 bits per heavy atom. The summed E-state index contributed by atoms with van der Waals surface area (Å²) in [4.78, 5) is 0. The molecule has 0 fully saturated rings. The Balaban J connectivity index is 0.000000994. The molecule has 0 saturated carbocycles. The number of aryl methyl sites for hydroxylation is 1. The van der Waals surface area contributed by atoms with Gasteiger partial charge in [-0.1, -0.05) is 87.9 Å². The highest BCUT2D eigenvalue weighted by atomic mass is 16.3. The lowest BCUT2D eigenvalue weighted by Gasteiger charge is -2.22. The maximum Gasteiger partial charge on any atom is 0.135 e. The molecular formula is C30H28O. The monoisotopic (exact) mass is 404 g/mol. The summed E-state index contributed by atoms with van der Waals surface area (Å²) in [6.45, 7) is 10.9. The minimum atomic E-state index is 0.0130. The van der Waals surface area contributed by atoms with Crippen molar-refractivity contribution in [2.45, 2.75) is 40.0 Å². The summed E-state index contributed by atoms with van der Waals surface area (Å²) >= 11 is 0. The third-order valence-electron chi connectivity index (χ3n) is 6.54. The molecule has 0 spiro atoms. The first-order valence-corrected chi connectivity index (χ1v) is 11.2. The molecule has 0 N–H and O–H groups in total. The van der Waals surface area contributed by atoms with Gasteiger partial charge in [0.05, 0.1) is 0 Å². The van der Waals surface area contributed by atoms with E-state index in [9.17, 15) is 0 Å². The van der Waals surface area contributed by atoms with Gasteiger partial charge in [-0.2, -0.15) is 0 Å². The predicted octanol–water partition coefficient (Wildman–Crippen LogP) is 8.89. The second-order valence-electron chi connectivity index (χ2n) is 8.74. The number of hydrogen-bond donors (Lipinski definition) is 0. The van der Waals surface area contributed by atoms with Crippen molar-refractivity contribution in [2.75, 3.05) is 0 Å². The summed E-state index contributed by atoms with van der Waals surface area (Å²) in [6.07, 6.45) is 0. The first kappa shape index (κ1) is 19.6. The molecule has 1 aliphatic rings. The maximum atomic E-state index is 6.00. The molecule has 154 valence electrons. The standard InChI is InChI=1S/C28H22O.C2H6/c1-17-8-11-20-21-12-9-19(16-25(21)28(2,3)24(20)14-17)18-10-13-27-23(15-18)22-6-4-5-7-26(22)29-27;1-2/h4-16H,1-3H3;1-2H3. The van der Waals surface area contributed by atoms with Crippen molar-refractivity contribution in [2.24, 2.45) is 0 Å². The number of benzene rings is 4. The summed E-state index contributed by atoms with van der Waals surface area (Å²) < 4.78 is 6.00. The van der Waals surface area contributed by atoms with Gasteiger partial charge < -0.3 is 4.42 Å². The zero-order chi connectivity index (χ0) is 21.8. The fraction of sp³-hybridized carbons (Fsp3) is 0.200. The Morgan fingerprint density at radius 2 is 1.23 bits per heavy atom. The molecule has 5 aromatic rings. The van der Waals surface area contributed by atoms with Crippen LogP contribution in [0.2, 0.25) is 0 Å². The van der Waals surface area contributed by atoms with Crippen LogP contribution in [0.4, 0.5) is 0 Å². The summed E-state index contributed by atoms with van der Waals surface area (Å²) in [5, 5.41) is 2.35. The number of rotatable bonds is 1. The quantitative estimate of drug-likeness (QED) is 0.272. The zero-order valence-corrected chi connectivity index (χ0v) is 18.9. The Labute approximate surface area is 184 Å². The van der Waals surface area contributed by atoms with Gasteiger partial charge in [0.25, 0.3) is 0 Å².